The van der Waals surface area contributed by atoms with Crippen molar-refractivity contribution in [2.24, 2.45) is 0 Å². The molecule has 1 spiro atoms. The van der Waals surface area contributed by atoms with Crippen LogP contribution in [0.3, 0.4) is 0 Å². The Kier molecular flexibility index (Phi) is 4.40. The minimum Gasteiger partial charge on any atom is -0.387 e. The topological polar surface area (TPSA) is 70.0 Å². The van der Waals surface area contributed by atoms with Crippen LogP contribution in [0.2, 0.25) is 0 Å². The maximum absolute atomic E-state index is 13.4. The third kappa shape index (κ3) is 2.94. The van der Waals surface area contributed by atoms with Crippen LogP contribution >= 0.6 is 0 Å². The predicted octanol–water partition coefficient (Wildman–Crippen LogP) is 1.64. The second-order valence-electron chi connectivity index (χ2n) is 7.17. The fourth-order valence-electron chi connectivity index (χ4n) is 3.74. The zero-order valence-electron chi connectivity index (χ0n) is 14.1. The van der Waals surface area contributed by atoms with E-state index < -0.39 is 23.1 Å². The van der Waals surface area contributed by atoms with Crippen LogP contribution in [0.15, 0.2) is 18.2 Å². The number of piperidine rings is 1. The molecule has 2 fully saturated rings. The average Bonchev–Trinajstić information content (AvgIpc) is 2.55. The molecular formula is C18H24FNO4. The summed E-state index contributed by atoms with van der Waals surface area (Å²) < 4.78 is 19.3. The van der Waals surface area contributed by atoms with Gasteiger partial charge in [0, 0.05) is 25.1 Å². The van der Waals surface area contributed by atoms with Gasteiger partial charge in [-0.15, -0.1) is 0 Å². The van der Waals surface area contributed by atoms with Gasteiger partial charge < -0.3 is 19.8 Å². The second-order valence-corrected chi connectivity index (χ2v) is 7.17. The van der Waals surface area contributed by atoms with Crippen LogP contribution in [-0.4, -0.2) is 58.0 Å². The molecule has 0 radical (unpaired) electrons. The number of hydrogen-bond donors (Lipinski definition) is 2. The summed E-state index contributed by atoms with van der Waals surface area (Å²) in [6.45, 7) is 4.60. The number of ether oxygens (including phenoxy) is 1. The summed E-state index contributed by atoms with van der Waals surface area (Å²) in [6, 6.07) is 4.20. The zero-order chi connectivity index (χ0) is 17.5. The maximum atomic E-state index is 13.4. The van der Waals surface area contributed by atoms with Crippen molar-refractivity contribution < 1.29 is 24.1 Å². The first kappa shape index (κ1) is 17.3. The molecule has 1 aromatic carbocycles. The number of benzene rings is 1. The molecule has 5 nitrogen and oxygen atoms in total. The van der Waals surface area contributed by atoms with E-state index in [0.717, 1.165) is 5.56 Å². The maximum Gasteiger partial charge on any atom is 0.254 e. The first-order valence-corrected chi connectivity index (χ1v) is 8.35. The average molecular weight is 337 g/mol. The van der Waals surface area contributed by atoms with E-state index in [9.17, 15) is 19.4 Å². The number of nitrogens with zero attached hydrogens (tertiary/aromatic N) is 1. The number of likely N-dealkylation sites (tertiary alicyclic amines) is 1. The van der Waals surface area contributed by atoms with Gasteiger partial charge in [0.2, 0.25) is 0 Å². The van der Waals surface area contributed by atoms with Crippen LogP contribution in [0.25, 0.3) is 0 Å². The Morgan fingerprint density at radius 2 is 2.00 bits per heavy atom. The van der Waals surface area contributed by atoms with E-state index in [0.29, 0.717) is 44.5 Å². The van der Waals surface area contributed by atoms with Crippen molar-refractivity contribution >= 4 is 5.91 Å². The van der Waals surface area contributed by atoms with Gasteiger partial charge >= 0.3 is 0 Å². The number of aryl methyl sites for hydroxylation is 1. The van der Waals surface area contributed by atoms with Crippen molar-refractivity contribution in [3.05, 3.63) is 35.1 Å². The van der Waals surface area contributed by atoms with Crippen molar-refractivity contribution in [1.29, 1.82) is 0 Å². The Morgan fingerprint density at radius 3 is 2.67 bits per heavy atom. The van der Waals surface area contributed by atoms with Gasteiger partial charge in [-0.25, -0.2) is 4.39 Å². The first-order chi connectivity index (χ1) is 11.3. The van der Waals surface area contributed by atoms with E-state index in [1.807, 2.05) is 0 Å². The molecule has 2 N–H and O–H groups in total. The summed E-state index contributed by atoms with van der Waals surface area (Å²) >= 11 is 0. The van der Waals surface area contributed by atoms with Crippen LogP contribution in [-0.2, 0) is 4.74 Å². The van der Waals surface area contributed by atoms with E-state index in [-0.39, 0.29) is 5.91 Å². The molecule has 132 valence electrons. The second kappa shape index (κ2) is 6.10. The molecule has 24 heavy (non-hydrogen) atoms. The molecule has 1 aromatic rings. The van der Waals surface area contributed by atoms with Crippen LogP contribution in [0.4, 0.5) is 4.39 Å². The van der Waals surface area contributed by atoms with Crippen LogP contribution in [0.5, 0.6) is 0 Å². The van der Waals surface area contributed by atoms with E-state index in [4.69, 9.17) is 4.74 Å². The molecule has 2 aliphatic heterocycles. The van der Waals surface area contributed by atoms with Crippen LogP contribution < -0.4 is 0 Å². The van der Waals surface area contributed by atoms with Crippen molar-refractivity contribution in [3.63, 3.8) is 0 Å². The number of hydrogen-bond acceptors (Lipinski definition) is 4. The molecule has 0 unspecified atom stereocenters. The minimum atomic E-state index is -1.18. The lowest BCUT2D eigenvalue weighted by atomic mass is 9.75. The summed E-state index contributed by atoms with van der Waals surface area (Å²) in [5.41, 5.74) is -0.888. The molecule has 0 saturated carbocycles. The Hall–Kier alpha value is -1.50. The highest BCUT2D eigenvalue weighted by atomic mass is 19.1. The van der Waals surface area contributed by atoms with Gasteiger partial charge in [-0.1, -0.05) is 6.07 Å². The monoisotopic (exact) mass is 337 g/mol. The standard InChI is InChI=1S/C18H24FNO4/c1-12-3-4-13(19)11-14(12)15(21)20-8-5-18(6-9-20)16(22)17(2,23)7-10-24-18/h3-4,11,16,22-23H,5-10H2,1-2H3/t16-,17+/m0/s1. The Bertz CT molecular complexity index is 638. The van der Waals surface area contributed by atoms with E-state index in [1.54, 1.807) is 24.8 Å². The molecule has 2 saturated heterocycles. The Labute approximate surface area is 141 Å². The number of aliphatic hydroxyl groups excluding tert-OH is 1. The molecule has 0 bridgehead atoms. The van der Waals surface area contributed by atoms with Gasteiger partial charge in [-0.3, -0.25) is 4.79 Å². The van der Waals surface area contributed by atoms with E-state index >= 15 is 0 Å². The lowest BCUT2D eigenvalue weighted by Gasteiger charge is -2.51. The highest BCUT2D eigenvalue weighted by Gasteiger charge is 2.52. The van der Waals surface area contributed by atoms with Crippen molar-refractivity contribution in [2.45, 2.75) is 50.4 Å². The number of carbonyl (C=O) groups excluding carboxylic acids is 1. The van der Waals surface area contributed by atoms with Crippen molar-refractivity contribution in [2.75, 3.05) is 19.7 Å². The van der Waals surface area contributed by atoms with Crippen LogP contribution in [0.1, 0.15) is 42.1 Å². The number of carbonyl (C=O) groups is 1. The van der Waals surface area contributed by atoms with E-state index in [2.05, 4.69) is 0 Å². The highest BCUT2D eigenvalue weighted by molar-refractivity contribution is 5.95. The fourth-order valence-corrected chi connectivity index (χ4v) is 3.74. The Morgan fingerprint density at radius 1 is 1.33 bits per heavy atom. The van der Waals surface area contributed by atoms with Gasteiger partial charge in [0.05, 0.1) is 12.2 Å². The zero-order valence-corrected chi connectivity index (χ0v) is 14.1. The third-order valence-corrected chi connectivity index (χ3v) is 5.41. The molecule has 1 amide bonds. The number of amides is 1. The fraction of sp³-hybridized carbons (Fsp3) is 0.611. The third-order valence-electron chi connectivity index (χ3n) is 5.41. The van der Waals surface area contributed by atoms with Gasteiger partial charge in [-0.05, 0) is 44.4 Å². The molecule has 2 heterocycles. The molecular weight excluding hydrogens is 313 g/mol. The summed E-state index contributed by atoms with van der Waals surface area (Å²) in [5.74, 6) is -0.640. The SMILES string of the molecule is Cc1ccc(F)cc1C(=O)N1CCC2(CC1)OCC[C@@](C)(O)[C@@H]2O. The molecule has 3 rings (SSSR count). The summed E-state index contributed by atoms with van der Waals surface area (Å²) in [7, 11) is 0. The lowest BCUT2D eigenvalue weighted by Crippen LogP contribution is -2.64. The molecule has 2 aliphatic rings. The molecule has 6 heteroatoms. The van der Waals surface area contributed by atoms with Crippen LogP contribution in [0, 0.1) is 12.7 Å². The van der Waals surface area contributed by atoms with Gasteiger partial charge in [0.25, 0.3) is 5.91 Å². The summed E-state index contributed by atoms with van der Waals surface area (Å²) in [6.07, 6.45) is 0.308. The molecule has 2 atom stereocenters. The van der Waals surface area contributed by atoms with Gasteiger partial charge in [-0.2, -0.15) is 0 Å². The van der Waals surface area contributed by atoms with Crippen molar-refractivity contribution in [3.8, 4) is 0 Å². The Balaban J connectivity index is 1.73. The molecule has 0 aromatic heterocycles. The first-order valence-electron chi connectivity index (χ1n) is 8.35. The predicted molar refractivity (Wildman–Crippen MR) is 86.2 cm³/mol. The highest BCUT2D eigenvalue weighted by Crippen LogP contribution is 2.40. The van der Waals surface area contributed by atoms with E-state index in [1.165, 1.54) is 12.1 Å². The summed E-state index contributed by atoms with van der Waals surface area (Å²) in [4.78, 5) is 14.3. The van der Waals surface area contributed by atoms with Gasteiger partial charge in [0.1, 0.15) is 17.5 Å². The number of rotatable bonds is 1. The lowest BCUT2D eigenvalue weighted by molar-refractivity contribution is -0.244. The quantitative estimate of drug-likeness (QED) is 0.817. The number of halogens is 1. The van der Waals surface area contributed by atoms with Gasteiger partial charge in [0.15, 0.2) is 0 Å². The largest absolute Gasteiger partial charge is 0.387 e. The molecule has 0 aliphatic carbocycles. The van der Waals surface area contributed by atoms with Crippen molar-refractivity contribution in [1.82, 2.24) is 4.90 Å². The smallest absolute Gasteiger partial charge is 0.254 e. The summed E-state index contributed by atoms with van der Waals surface area (Å²) in [5, 5.41) is 20.8. The minimum absolute atomic E-state index is 0.209. The normalized spacial score (nSPS) is 29.7. The number of aliphatic hydroxyl groups is 2.